The molecule has 0 aliphatic carbocycles. The Morgan fingerprint density at radius 1 is 0.933 bits per heavy atom. The zero-order chi connectivity index (χ0) is 10.7. The van der Waals surface area contributed by atoms with Crippen LogP contribution in [0.3, 0.4) is 0 Å². The minimum absolute atomic E-state index is 0.820. The highest BCUT2D eigenvalue weighted by Crippen LogP contribution is 2.27. The van der Waals surface area contributed by atoms with Crippen molar-refractivity contribution in [3.8, 4) is 11.1 Å². The number of benzene rings is 2. The summed E-state index contributed by atoms with van der Waals surface area (Å²) in [5, 5.41) is 0. The first-order valence-electron chi connectivity index (χ1n) is 4.79. The normalized spacial score (nSPS) is 10.2. The molecule has 0 bridgehead atoms. The Balaban J connectivity index is 2.49. The summed E-state index contributed by atoms with van der Waals surface area (Å²) in [7, 11) is 0. The van der Waals surface area contributed by atoms with Crippen molar-refractivity contribution in [3.63, 3.8) is 0 Å². The van der Waals surface area contributed by atoms with E-state index in [1.807, 2.05) is 30.3 Å². The highest BCUT2D eigenvalue weighted by atomic mass is 32.2. The third-order valence-corrected chi connectivity index (χ3v) is 2.98. The molecule has 2 aromatic rings. The number of hydrogen-bond donors (Lipinski definition) is 1. The summed E-state index contributed by atoms with van der Waals surface area (Å²) in [6, 6.07) is 16.5. The smallest absolute Gasteiger partial charge is 0.0331 e. The van der Waals surface area contributed by atoms with E-state index >= 15 is 0 Å². The summed E-state index contributed by atoms with van der Waals surface area (Å²) < 4.78 is 0. The third-order valence-electron chi connectivity index (χ3n) is 2.27. The Morgan fingerprint density at radius 2 is 1.67 bits per heavy atom. The molecule has 15 heavy (non-hydrogen) atoms. The number of thioether (sulfide) groups is 1. The maximum absolute atomic E-state index is 5.86. The summed E-state index contributed by atoms with van der Waals surface area (Å²) in [5.41, 5.74) is 9.07. The predicted octanol–water partition coefficient (Wildman–Crippen LogP) is 3.66. The molecule has 0 amide bonds. The second kappa shape index (κ2) is 4.41. The van der Waals surface area contributed by atoms with E-state index < -0.39 is 0 Å². The van der Waals surface area contributed by atoms with Crippen molar-refractivity contribution < 1.29 is 0 Å². The molecule has 1 nitrogen and oxygen atoms in total. The maximum Gasteiger partial charge on any atom is 0.0331 e. The summed E-state index contributed by atoms with van der Waals surface area (Å²) in [5.74, 6) is 0. The number of hydrogen-bond acceptors (Lipinski definition) is 2. The highest BCUT2D eigenvalue weighted by Gasteiger charge is 2.00. The molecule has 2 heteroatoms. The van der Waals surface area contributed by atoms with E-state index in [0.717, 1.165) is 5.69 Å². The van der Waals surface area contributed by atoms with E-state index in [1.54, 1.807) is 11.8 Å². The van der Waals surface area contributed by atoms with Crippen LogP contribution in [0.15, 0.2) is 53.4 Å². The van der Waals surface area contributed by atoms with Crippen LogP contribution in [-0.2, 0) is 0 Å². The number of nitrogens with two attached hydrogens (primary N) is 1. The molecule has 0 aliphatic rings. The van der Waals surface area contributed by atoms with E-state index in [2.05, 4.69) is 24.5 Å². The van der Waals surface area contributed by atoms with Gasteiger partial charge in [-0.2, -0.15) is 0 Å². The van der Waals surface area contributed by atoms with Crippen molar-refractivity contribution in [1.82, 2.24) is 0 Å². The Morgan fingerprint density at radius 3 is 2.33 bits per heavy atom. The summed E-state index contributed by atoms with van der Waals surface area (Å²) in [6.07, 6.45) is 2.06. The molecular formula is C13H13NS. The van der Waals surface area contributed by atoms with Crippen LogP contribution in [0.2, 0.25) is 0 Å². The van der Waals surface area contributed by atoms with E-state index in [1.165, 1.54) is 16.0 Å². The zero-order valence-electron chi connectivity index (χ0n) is 8.60. The standard InChI is InChI=1S/C13H13NS/c1-15-13-8-11(7-12(14)9-13)10-5-3-2-4-6-10/h2-9H,14H2,1H3. The fourth-order valence-corrected chi connectivity index (χ4v) is 2.04. The van der Waals surface area contributed by atoms with Crippen LogP contribution in [0.25, 0.3) is 11.1 Å². The van der Waals surface area contributed by atoms with Gasteiger partial charge in [0.1, 0.15) is 0 Å². The Kier molecular flexibility index (Phi) is 2.97. The first-order chi connectivity index (χ1) is 7.29. The molecule has 76 valence electrons. The molecular weight excluding hydrogens is 202 g/mol. The summed E-state index contributed by atoms with van der Waals surface area (Å²) in [4.78, 5) is 1.20. The van der Waals surface area contributed by atoms with Crippen LogP contribution >= 0.6 is 11.8 Å². The van der Waals surface area contributed by atoms with Crippen LogP contribution in [0.1, 0.15) is 0 Å². The number of nitrogen functional groups attached to an aromatic ring is 1. The molecule has 0 unspecified atom stereocenters. The first-order valence-corrected chi connectivity index (χ1v) is 6.02. The van der Waals surface area contributed by atoms with Gasteiger partial charge in [0.05, 0.1) is 0 Å². The summed E-state index contributed by atoms with van der Waals surface area (Å²) in [6.45, 7) is 0. The van der Waals surface area contributed by atoms with Gasteiger partial charge in [0.15, 0.2) is 0 Å². The molecule has 2 N–H and O–H groups in total. The van der Waals surface area contributed by atoms with Gasteiger partial charge in [0.2, 0.25) is 0 Å². The van der Waals surface area contributed by atoms with E-state index in [4.69, 9.17) is 5.73 Å². The van der Waals surface area contributed by atoms with Crippen LogP contribution in [0, 0.1) is 0 Å². The van der Waals surface area contributed by atoms with Crippen molar-refractivity contribution in [3.05, 3.63) is 48.5 Å². The van der Waals surface area contributed by atoms with Crippen molar-refractivity contribution in [1.29, 1.82) is 0 Å². The van der Waals surface area contributed by atoms with Crippen molar-refractivity contribution in [2.75, 3.05) is 12.0 Å². The number of rotatable bonds is 2. The zero-order valence-corrected chi connectivity index (χ0v) is 9.42. The van der Waals surface area contributed by atoms with Gasteiger partial charge < -0.3 is 5.73 Å². The van der Waals surface area contributed by atoms with Crippen LogP contribution in [0.4, 0.5) is 5.69 Å². The second-order valence-electron chi connectivity index (χ2n) is 3.36. The van der Waals surface area contributed by atoms with Crippen molar-refractivity contribution in [2.24, 2.45) is 0 Å². The predicted molar refractivity (Wildman–Crippen MR) is 68.1 cm³/mol. The SMILES string of the molecule is CSc1cc(N)cc(-c2ccccc2)c1. The minimum Gasteiger partial charge on any atom is -0.399 e. The average Bonchev–Trinajstić information content (AvgIpc) is 2.29. The molecule has 0 atom stereocenters. The van der Waals surface area contributed by atoms with Gasteiger partial charge in [0, 0.05) is 10.6 Å². The van der Waals surface area contributed by atoms with Crippen molar-refractivity contribution in [2.45, 2.75) is 4.90 Å². The van der Waals surface area contributed by atoms with E-state index in [-0.39, 0.29) is 0 Å². The van der Waals surface area contributed by atoms with Crippen LogP contribution < -0.4 is 5.73 Å². The molecule has 0 radical (unpaired) electrons. The molecule has 0 aliphatic heterocycles. The fraction of sp³-hybridized carbons (Fsp3) is 0.0769. The molecule has 0 aromatic heterocycles. The summed E-state index contributed by atoms with van der Waals surface area (Å²) >= 11 is 1.71. The lowest BCUT2D eigenvalue weighted by Gasteiger charge is -2.05. The van der Waals surface area contributed by atoms with Gasteiger partial charge in [-0.05, 0) is 35.6 Å². The van der Waals surface area contributed by atoms with Gasteiger partial charge in [-0.3, -0.25) is 0 Å². The molecule has 0 saturated carbocycles. The lowest BCUT2D eigenvalue weighted by molar-refractivity contribution is 1.46. The molecule has 2 rings (SSSR count). The average molecular weight is 215 g/mol. The molecule has 0 saturated heterocycles. The topological polar surface area (TPSA) is 26.0 Å². The minimum atomic E-state index is 0.820. The molecule has 0 heterocycles. The monoisotopic (exact) mass is 215 g/mol. The van der Waals surface area contributed by atoms with Gasteiger partial charge >= 0.3 is 0 Å². The highest BCUT2D eigenvalue weighted by molar-refractivity contribution is 7.98. The molecule has 0 fully saturated rings. The lowest BCUT2D eigenvalue weighted by Crippen LogP contribution is -1.87. The lowest BCUT2D eigenvalue weighted by atomic mass is 10.1. The van der Waals surface area contributed by atoms with Gasteiger partial charge in [0.25, 0.3) is 0 Å². The molecule has 0 spiro atoms. The number of anilines is 1. The first kappa shape index (κ1) is 10.1. The third kappa shape index (κ3) is 2.34. The largest absolute Gasteiger partial charge is 0.399 e. The van der Waals surface area contributed by atoms with Crippen LogP contribution in [-0.4, -0.2) is 6.26 Å². The van der Waals surface area contributed by atoms with E-state index in [9.17, 15) is 0 Å². The van der Waals surface area contributed by atoms with Crippen molar-refractivity contribution >= 4 is 17.4 Å². The Hall–Kier alpha value is -1.41. The second-order valence-corrected chi connectivity index (χ2v) is 4.24. The van der Waals surface area contributed by atoms with Gasteiger partial charge in [-0.25, -0.2) is 0 Å². The quantitative estimate of drug-likeness (QED) is 0.611. The maximum atomic E-state index is 5.86. The van der Waals surface area contributed by atoms with E-state index in [0.29, 0.717) is 0 Å². The Bertz CT molecular complexity index is 451. The van der Waals surface area contributed by atoms with Crippen LogP contribution in [0.5, 0.6) is 0 Å². The molecule has 2 aromatic carbocycles. The Labute approximate surface area is 94.3 Å². The van der Waals surface area contributed by atoms with Gasteiger partial charge in [-0.1, -0.05) is 30.3 Å². The van der Waals surface area contributed by atoms with Gasteiger partial charge in [-0.15, -0.1) is 11.8 Å². The fourth-order valence-electron chi connectivity index (χ4n) is 1.54.